The van der Waals surface area contributed by atoms with E-state index in [1.807, 2.05) is 31.4 Å². The molecule has 3 rings (SSSR count). The van der Waals surface area contributed by atoms with Crippen LogP contribution in [0.1, 0.15) is 31.8 Å². The number of furan rings is 1. The first-order valence-corrected chi connectivity index (χ1v) is 10.1. The number of thiophene rings is 1. The predicted octanol–water partition coefficient (Wildman–Crippen LogP) is 2.80. The second kappa shape index (κ2) is 7.12. The van der Waals surface area contributed by atoms with Gasteiger partial charge in [0.05, 0.1) is 11.2 Å². The molecule has 3 aromatic heterocycles. The largest absolute Gasteiger partial charge is 0.457 e. The number of imidazole rings is 1. The molecule has 9 heteroatoms. The molecule has 1 atom stereocenters. The summed E-state index contributed by atoms with van der Waals surface area (Å²) in [6.45, 7) is 3.66. The van der Waals surface area contributed by atoms with E-state index in [0.717, 1.165) is 4.88 Å². The summed E-state index contributed by atoms with van der Waals surface area (Å²) in [6, 6.07) is 7.32. The summed E-state index contributed by atoms with van der Waals surface area (Å²) in [7, 11) is -3.79. The molecule has 0 radical (unpaired) electrons. The van der Waals surface area contributed by atoms with Crippen LogP contribution in [0.5, 0.6) is 0 Å². The van der Waals surface area contributed by atoms with Gasteiger partial charge in [-0.25, -0.2) is 18.1 Å². The molecule has 134 valence electrons. The van der Waals surface area contributed by atoms with Gasteiger partial charge in [-0.05, 0) is 37.4 Å². The molecule has 0 aliphatic heterocycles. The van der Waals surface area contributed by atoms with Gasteiger partial charge in [0, 0.05) is 18.8 Å². The minimum Gasteiger partial charge on any atom is -0.457 e. The van der Waals surface area contributed by atoms with E-state index in [0.29, 0.717) is 11.5 Å². The molecule has 0 fully saturated rings. The average molecular weight is 381 g/mol. The van der Waals surface area contributed by atoms with Crippen molar-refractivity contribution in [1.82, 2.24) is 14.3 Å². The summed E-state index contributed by atoms with van der Waals surface area (Å²) < 4.78 is 34.2. The second-order valence-electron chi connectivity index (χ2n) is 5.80. The topological polar surface area (TPSA) is 97.4 Å². The van der Waals surface area contributed by atoms with Crippen molar-refractivity contribution in [2.75, 3.05) is 6.54 Å². The fourth-order valence-electron chi connectivity index (χ4n) is 2.19. The lowest BCUT2D eigenvalue weighted by Gasteiger charge is -2.09. The molecule has 2 N–H and O–H groups in total. The van der Waals surface area contributed by atoms with Gasteiger partial charge in [-0.3, -0.25) is 0 Å². The van der Waals surface area contributed by atoms with Crippen LogP contribution in [0.15, 0.2) is 51.6 Å². The van der Waals surface area contributed by atoms with Crippen LogP contribution < -0.4 is 4.72 Å². The van der Waals surface area contributed by atoms with E-state index in [1.54, 1.807) is 16.7 Å². The molecule has 0 spiro atoms. The predicted molar refractivity (Wildman–Crippen MR) is 94.8 cm³/mol. The summed E-state index contributed by atoms with van der Waals surface area (Å²) in [6.07, 6.45) is 1.84. The Kier molecular flexibility index (Phi) is 5.09. The number of rotatable bonds is 7. The molecule has 7 nitrogen and oxygen atoms in total. The van der Waals surface area contributed by atoms with Gasteiger partial charge in [-0.2, -0.15) is 0 Å². The maximum Gasteiger partial charge on any atom is 0.259 e. The average Bonchev–Trinajstić information content (AvgIpc) is 3.33. The van der Waals surface area contributed by atoms with Crippen LogP contribution in [0.4, 0.5) is 0 Å². The van der Waals surface area contributed by atoms with Crippen molar-refractivity contribution >= 4 is 21.4 Å². The lowest BCUT2D eigenvalue weighted by atomic mass is 10.3. The van der Waals surface area contributed by atoms with Crippen LogP contribution >= 0.6 is 11.3 Å². The van der Waals surface area contributed by atoms with Crippen LogP contribution in [-0.2, 0) is 10.0 Å². The van der Waals surface area contributed by atoms with Crippen molar-refractivity contribution in [3.63, 3.8) is 0 Å². The van der Waals surface area contributed by atoms with Gasteiger partial charge < -0.3 is 14.1 Å². The van der Waals surface area contributed by atoms with Gasteiger partial charge in [-0.15, -0.1) is 11.3 Å². The van der Waals surface area contributed by atoms with Gasteiger partial charge in [0.15, 0.2) is 5.03 Å². The highest BCUT2D eigenvalue weighted by Crippen LogP contribution is 2.28. The monoisotopic (exact) mass is 381 g/mol. The zero-order valence-corrected chi connectivity index (χ0v) is 15.4. The lowest BCUT2D eigenvalue weighted by Crippen LogP contribution is -2.28. The standard InChI is InChI=1S/C16H19N3O4S2/c1-11(2)19-9-16(17-10-19)25(21,22)18-8-12(20)13-5-6-14(23-13)15-4-3-7-24-15/h3-7,9-12,18,20H,8H2,1-2H3. The molecule has 0 amide bonds. The van der Waals surface area contributed by atoms with E-state index < -0.39 is 16.1 Å². The molecule has 0 saturated carbocycles. The Morgan fingerprint density at radius 1 is 1.36 bits per heavy atom. The molecule has 0 aliphatic carbocycles. The summed E-state index contributed by atoms with van der Waals surface area (Å²) in [4.78, 5) is 4.85. The van der Waals surface area contributed by atoms with Crippen molar-refractivity contribution in [3.05, 3.63) is 47.9 Å². The lowest BCUT2D eigenvalue weighted by molar-refractivity contribution is 0.155. The Bertz CT molecular complexity index is 926. The third-order valence-corrected chi connectivity index (χ3v) is 5.83. The molecular formula is C16H19N3O4S2. The van der Waals surface area contributed by atoms with Crippen molar-refractivity contribution in [3.8, 4) is 10.6 Å². The van der Waals surface area contributed by atoms with Gasteiger partial charge in [0.2, 0.25) is 0 Å². The smallest absolute Gasteiger partial charge is 0.259 e. The van der Waals surface area contributed by atoms with Gasteiger partial charge in [0.1, 0.15) is 17.6 Å². The number of aromatic nitrogens is 2. The quantitative estimate of drug-likeness (QED) is 0.656. The number of sulfonamides is 1. The molecular weight excluding hydrogens is 362 g/mol. The number of hydrogen-bond donors (Lipinski definition) is 2. The minimum atomic E-state index is -3.79. The summed E-state index contributed by atoms with van der Waals surface area (Å²) in [5.41, 5.74) is 0. The Hall–Kier alpha value is -1.94. The van der Waals surface area contributed by atoms with Gasteiger partial charge in [0.25, 0.3) is 10.0 Å². The van der Waals surface area contributed by atoms with Crippen molar-refractivity contribution in [1.29, 1.82) is 0 Å². The van der Waals surface area contributed by atoms with E-state index in [1.165, 1.54) is 23.9 Å². The van der Waals surface area contributed by atoms with E-state index in [-0.39, 0.29) is 17.6 Å². The Morgan fingerprint density at radius 3 is 2.80 bits per heavy atom. The normalized spacial score (nSPS) is 13.4. The molecule has 1 unspecified atom stereocenters. The fraction of sp³-hybridized carbons (Fsp3) is 0.312. The van der Waals surface area contributed by atoms with Crippen LogP contribution in [-0.4, -0.2) is 29.6 Å². The van der Waals surface area contributed by atoms with Crippen LogP contribution in [0.3, 0.4) is 0 Å². The minimum absolute atomic E-state index is 0.0767. The van der Waals surface area contributed by atoms with E-state index in [4.69, 9.17) is 4.42 Å². The Morgan fingerprint density at radius 2 is 2.16 bits per heavy atom. The number of hydrogen-bond acceptors (Lipinski definition) is 6. The second-order valence-corrected chi connectivity index (χ2v) is 8.46. The van der Waals surface area contributed by atoms with Crippen molar-refractivity contribution in [2.24, 2.45) is 0 Å². The highest BCUT2D eigenvalue weighted by molar-refractivity contribution is 7.89. The first kappa shape index (κ1) is 17.9. The third-order valence-electron chi connectivity index (χ3n) is 3.64. The summed E-state index contributed by atoms with van der Waals surface area (Å²) in [5, 5.41) is 12.0. The molecule has 25 heavy (non-hydrogen) atoms. The highest BCUT2D eigenvalue weighted by atomic mass is 32.2. The van der Waals surface area contributed by atoms with Crippen LogP contribution in [0, 0.1) is 0 Å². The zero-order valence-electron chi connectivity index (χ0n) is 13.8. The van der Waals surface area contributed by atoms with Crippen LogP contribution in [0.25, 0.3) is 10.6 Å². The number of aliphatic hydroxyl groups is 1. The van der Waals surface area contributed by atoms with E-state index in [9.17, 15) is 13.5 Å². The zero-order chi connectivity index (χ0) is 18.0. The summed E-state index contributed by atoms with van der Waals surface area (Å²) >= 11 is 1.52. The Balaban J connectivity index is 1.66. The van der Waals surface area contributed by atoms with Crippen LogP contribution in [0.2, 0.25) is 0 Å². The van der Waals surface area contributed by atoms with E-state index >= 15 is 0 Å². The van der Waals surface area contributed by atoms with Gasteiger partial charge in [-0.1, -0.05) is 6.07 Å². The first-order chi connectivity index (χ1) is 11.9. The molecule has 3 aromatic rings. The Labute approximate surface area is 150 Å². The first-order valence-electron chi connectivity index (χ1n) is 7.71. The summed E-state index contributed by atoms with van der Waals surface area (Å²) in [5.74, 6) is 0.946. The molecule has 0 saturated heterocycles. The molecule has 0 bridgehead atoms. The highest BCUT2D eigenvalue weighted by Gasteiger charge is 2.21. The maximum absolute atomic E-state index is 12.3. The SMILES string of the molecule is CC(C)n1cnc(S(=O)(=O)NCC(O)c2ccc(-c3cccs3)o2)c1. The van der Waals surface area contributed by atoms with Crippen molar-refractivity contribution < 1.29 is 17.9 Å². The molecule has 0 aliphatic rings. The molecule has 0 aromatic carbocycles. The molecule has 3 heterocycles. The maximum atomic E-state index is 12.3. The number of nitrogens with zero attached hydrogens (tertiary/aromatic N) is 2. The number of nitrogens with one attached hydrogen (secondary N) is 1. The van der Waals surface area contributed by atoms with Crippen molar-refractivity contribution in [2.45, 2.75) is 31.0 Å². The third kappa shape index (κ3) is 4.01. The fourth-order valence-corrected chi connectivity index (χ4v) is 3.84. The van der Waals surface area contributed by atoms with Gasteiger partial charge >= 0.3 is 0 Å². The number of aliphatic hydroxyl groups excluding tert-OH is 1. The van der Waals surface area contributed by atoms with E-state index in [2.05, 4.69) is 9.71 Å².